The zero-order valence-electron chi connectivity index (χ0n) is 17.7. The summed E-state index contributed by atoms with van der Waals surface area (Å²) < 4.78 is 30.7. The lowest BCUT2D eigenvalue weighted by molar-refractivity contribution is -0.141. The molecule has 2 aromatic heterocycles. The first-order valence-electron chi connectivity index (χ1n) is 10.4. The van der Waals surface area contributed by atoms with Gasteiger partial charge in [-0.2, -0.15) is 0 Å². The number of aryl methyl sites for hydroxylation is 2. The van der Waals surface area contributed by atoms with Crippen LogP contribution < -0.4 is 5.56 Å². The minimum Gasteiger partial charge on any atom is -0.448 e. The Kier molecular flexibility index (Phi) is 5.67. The monoisotopic (exact) mass is 467 g/mol. The summed E-state index contributed by atoms with van der Waals surface area (Å²) in [6.07, 6.45) is 0.929. The van der Waals surface area contributed by atoms with E-state index in [0.29, 0.717) is 35.3 Å². The van der Waals surface area contributed by atoms with Crippen LogP contribution in [0.3, 0.4) is 0 Å². The normalized spacial score (nSPS) is 20.5. The van der Waals surface area contributed by atoms with Gasteiger partial charge in [0.05, 0.1) is 16.9 Å². The number of ether oxygens (including phenoxy) is 1. The van der Waals surface area contributed by atoms with Crippen LogP contribution >= 0.6 is 11.3 Å². The molecule has 2 aliphatic heterocycles. The molecule has 0 saturated carbocycles. The molecule has 31 heavy (non-hydrogen) atoms. The number of nitrogens with zero attached hydrogens (tertiary/aromatic N) is 3. The molecule has 4 rings (SSSR count). The molecule has 1 amide bonds. The predicted molar refractivity (Wildman–Crippen MR) is 116 cm³/mol. The van der Waals surface area contributed by atoms with E-state index < -0.39 is 33.9 Å². The number of hydrogen-bond donors (Lipinski definition) is 0. The topological polar surface area (TPSA) is 116 Å². The number of thiophene rings is 1. The van der Waals surface area contributed by atoms with Crippen molar-refractivity contribution in [3.8, 4) is 0 Å². The van der Waals surface area contributed by atoms with Gasteiger partial charge >= 0.3 is 5.97 Å². The summed E-state index contributed by atoms with van der Waals surface area (Å²) in [5, 5.41) is 0.424. The van der Waals surface area contributed by atoms with Crippen molar-refractivity contribution < 1.29 is 22.7 Å². The molecule has 1 saturated heterocycles. The maximum Gasteiger partial charge on any atom is 0.349 e. The van der Waals surface area contributed by atoms with Crippen LogP contribution in [0.15, 0.2) is 4.79 Å². The molecular weight excluding hydrogens is 442 g/mol. The highest BCUT2D eigenvalue weighted by molar-refractivity contribution is 7.91. The van der Waals surface area contributed by atoms with Crippen LogP contribution in [-0.2, 0) is 32.3 Å². The van der Waals surface area contributed by atoms with E-state index in [1.807, 2.05) is 0 Å². The molecular formula is C20H25N3O6S2. The van der Waals surface area contributed by atoms with Gasteiger partial charge in [0, 0.05) is 25.6 Å². The fourth-order valence-corrected chi connectivity index (χ4v) is 7.19. The van der Waals surface area contributed by atoms with Crippen molar-refractivity contribution in [2.45, 2.75) is 58.7 Å². The molecule has 9 nitrogen and oxygen atoms in total. The van der Waals surface area contributed by atoms with E-state index in [0.717, 1.165) is 30.0 Å². The van der Waals surface area contributed by atoms with E-state index in [1.165, 1.54) is 11.8 Å². The molecule has 0 aliphatic carbocycles. The fraction of sp³-hybridized carbons (Fsp3) is 0.600. The second-order valence-corrected chi connectivity index (χ2v) is 11.3. The third-order valence-corrected chi connectivity index (χ3v) is 8.92. The molecule has 11 heteroatoms. The van der Waals surface area contributed by atoms with Gasteiger partial charge in [-0.1, -0.05) is 0 Å². The summed E-state index contributed by atoms with van der Waals surface area (Å²) in [5.41, 5.74) is 0.368. The number of likely N-dealkylation sites (N-methyl/N-ethyl adjacent to an activating group) is 1. The Balaban J connectivity index is 1.54. The second-order valence-electron chi connectivity index (χ2n) is 8.05. The van der Waals surface area contributed by atoms with Gasteiger partial charge in [0.25, 0.3) is 11.5 Å². The summed E-state index contributed by atoms with van der Waals surface area (Å²) in [6.45, 7) is 5.90. The van der Waals surface area contributed by atoms with Gasteiger partial charge in [-0.25, -0.2) is 18.2 Å². The molecule has 4 heterocycles. The summed E-state index contributed by atoms with van der Waals surface area (Å²) >= 11 is 1.10. The molecule has 0 spiro atoms. The molecule has 0 unspecified atom stereocenters. The molecule has 2 aliphatic rings. The van der Waals surface area contributed by atoms with E-state index >= 15 is 0 Å². The summed E-state index contributed by atoms with van der Waals surface area (Å²) in [4.78, 5) is 45.3. The Morgan fingerprint density at radius 3 is 2.77 bits per heavy atom. The van der Waals surface area contributed by atoms with Gasteiger partial charge in [-0.05, 0) is 39.2 Å². The van der Waals surface area contributed by atoms with Gasteiger partial charge in [0.2, 0.25) is 0 Å². The standard InChI is InChI=1S/C20H25N3O6S2/c1-4-22(13-7-9-31(27,28)10-13)18(24)12(3)29-20(26)16-11(2)15-17(30-16)21-14-6-5-8-23(14)19(15)25/h12-13H,4-10H2,1-3H3/t12-,13-/m1/s1. The van der Waals surface area contributed by atoms with Crippen molar-refractivity contribution in [2.75, 3.05) is 18.1 Å². The van der Waals surface area contributed by atoms with E-state index in [9.17, 15) is 22.8 Å². The van der Waals surface area contributed by atoms with Crippen LogP contribution in [0.4, 0.5) is 0 Å². The Bertz CT molecular complexity index is 1230. The number of carbonyl (C=O) groups excluding carboxylic acids is 2. The van der Waals surface area contributed by atoms with E-state index in [4.69, 9.17) is 4.74 Å². The molecule has 0 aromatic carbocycles. The van der Waals surface area contributed by atoms with E-state index in [-0.39, 0.29) is 21.9 Å². The average Bonchev–Trinajstić information content (AvgIpc) is 3.40. The van der Waals surface area contributed by atoms with Crippen LogP contribution in [0, 0.1) is 6.92 Å². The maximum absolute atomic E-state index is 12.9. The first-order valence-corrected chi connectivity index (χ1v) is 13.0. The van der Waals surface area contributed by atoms with Crippen molar-refractivity contribution in [2.24, 2.45) is 0 Å². The summed E-state index contributed by atoms with van der Waals surface area (Å²) in [7, 11) is -3.14. The average molecular weight is 468 g/mol. The van der Waals surface area contributed by atoms with Crippen LogP contribution in [0.5, 0.6) is 0 Å². The number of aromatic nitrogens is 2. The summed E-state index contributed by atoms with van der Waals surface area (Å²) in [5.74, 6) is -0.381. The molecule has 1 fully saturated rings. The molecule has 168 valence electrons. The molecule has 2 atom stereocenters. The SMILES string of the molecule is CCN(C(=O)[C@@H](C)OC(=O)c1sc2nc3n(c(=O)c2c1C)CCC3)[C@@H]1CCS(=O)(=O)C1. The third kappa shape index (κ3) is 3.89. The fourth-order valence-electron chi connectivity index (χ4n) is 4.38. The largest absolute Gasteiger partial charge is 0.448 e. The van der Waals surface area contributed by atoms with Gasteiger partial charge in [-0.3, -0.25) is 14.2 Å². The lowest BCUT2D eigenvalue weighted by atomic mass is 10.2. The number of sulfone groups is 1. The van der Waals surface area contributed by atoms with Gasteiger partial charge in [-0.15, -0.1) is 11.3 Å². The Morgan fingerprint density at radius 2 is 2.13 bits per heavy atom. The highest BCUT2D eigenvalue weighted by Crippen LogP contribution is 2.29. The third-order valence-electron chi connectivity index (χ3n) is 6.00. The smallest absolute Gasteiger partial charge is 0.349 e. The zero-order valence-corrected chi connectivity index (χ0v) is 19.3. The second kappa shape index (κ2) is 8.01. The Labute approximate surface area is 183 Å². The lowest BCUT2D eigenvalue weighted by Gasteiger charge is -2.29. The summed E-state index contributed by atoms with van der Waals surface area (Å²) in [6, 6.07) is -0.402. The van der Waals surface area contributed by atoms with Crippen molar-refractivity contribution in [3.63, 3.8) is 0 Å². The van der Waals surface area contributed by atoms with Crippen LogP contribution in [0.1, 0.15) is 47.7 Å². The Morgan fingerprint density at radius 1 is 1.39 bits per heavy atom. The molecule has 2 aromatic rings. The van der Waals surface area contributed by atoms with Crippen LogP contribution in [-0.4, -0.2) is 64.9 Å². The minimum atomic E-state index is -3.14. The predicted octanol–water partition coefficient (Wildman–Crippen LogP) is 1.29. The maximum atomic E-state index is 12.9. The Hall–Kier alpha value is -2.27. The first kappa shape index (κ1) is 21.9. The number of amides is 1. The van der Waals surface area contributed by atoms with E-state index in [1.54, 1.807) is 18.4 Å². The van der Waals surface area contributed by atoms with Crippen LogP contribution in [0.25, 0.3) is 10.2 Å². The van der Waals surface area contributed by atoms with Crippen molar-refractivity contribution in [1.82, 2.24) is 14.5 Å². The van der Waals surface area contributed by atoms with Gasteiger partial charge in [0.15, 0.2) is 15.9 Å². The number of carbonyl (C=O) groups is 2. The van der Waals surface area contributed by atoms with Crippen molar-refractivity contribution >= 4 is 43.3 Å². The minimum absolute atomic E-state index is 0.0586. The first-order chi connectivity index (χ1) is 14.6. The zero-order chi connectivity index (χ0) is 22.5. The van der Waals surface area contributed by atoms with E-state index in [2.05, 4.69) is 4.98 Å². The number of esters is 1. The molecule has 0 N–H and O–H groups in total. The van der Waals surface area contributed by atoms with Crippen molar-refractivity contribution in [1.29, 1.82) is 0 Å². The molecule has 0 bridgehead atoms. The number of hydrogen-bond acceptors (Lipinski definition) is 8. The number of rotatable bonds is 5. The van der Waals surface area contributed by atoms with Gasteiger partial charge in [0.1, 0.15) is 15.5 Å². The lowest BCUT2D eigenvalue weighted by Crippen LogP contribution is -2.46. The highest BCUT2D eigenvalue weighted by atomic mass is 32.2. The van der Waals surface area contributed by atoms with Crippen molar-refractivity contribution in [3.05, 3.63) is 26.6 Å². The number of fused-ring (bicyclic) bond motifs is 2. The quantitative estimate of drug-likeness (QED) is 0.609. The van der Waals surface area contributed by atoms with Crippen LogP contribution in [0.2, 0.25) is 0 Å². The highest BCUT2D eigenvalue weighted by Gasteiger charge is 2.36. The molecule has 0 radical (unpaired) electrons. The van der Waals surface area contributed by atoms with Gasteiger partial charge < -0.3 is 9.64 Å².